The fraction of sp³-hybridized carbons (Fsp3) is 0.588. The van der Waals surface area contributed by atoms with Crippen LogP contribution in [0.5, 0.6) is 0 Å². The molecular weight excluding hydrogens is 312 g/mol. The van der Waals surface area contributed by atoms with E-state index in [9.17, 15) is 13.2 Å². The molecule has 0 radical (unpaired) electrons. The van der Waals surface area contributed by atoms with Gasteiger partial charge in [0.15, 0.2) is 0 Å². The van der Waals surface area contributed by atoms with Crippen LogP contribution >= 0.6 is 0 Å². The zero-order valence-electron chi connectivity index (χ0n) is 14.3. The van der Waals surface area contributed by atoms with Crippen LogP contribution in [0.1, 0.15) is 56.3 Å². The van der Waals surface area contributed by atoms with E-state index in [1.807, 2.05) is 6.92 Å². The summed E-state index contributed by atoms with van der Waals surface area (Å²) in [6, 6.07) is 6.24. The van der Waals surface area contributed by atoms with Gasteiger partial charge in [-0.2, -0.15) is 0 Å². The van der Waals surface area contributed by atoms with Crippen LogP contribution in [0.15, 0.2) is 29.2 Å². The molecule has 0 heterocycles. The maximum atomic E-state index is 12.5. The zero-order chi connectivity index (χ0) is 17.3. The number of hydrogen-bond donors (Lipinski definition) is 1. The predicted octanol–water partition coefficient (Wildman–Crippen LogP) is 3.03. The van der Waals surface area contributed by atoms with Crippen molar-refractivity contribution in [1.29, 1.82) is 0 Å². The Kier molecular flexibility index (Phi) is 8.26. The molecule has 0 saturated heterocycles. The first-order valence-corrected chi connectivity index (χ1v) is 9.72. The van der Waals surface area contributed by atoms with Gasteiger partial charge in [-0.1, -0.05) is 39.2 Å². The fourth-order valence-corrected chi connectivity index (χ4v) is 3.41. The van der Waals surface area contributed by atoms with Crippen molar-refractivity contribution < 1.29 is 13.2 Å². The van der Waals surface area contributed by atoms with E-state index in [1.165, 1.54) is 16.4 Å². The number of nitrogens with one attached hydrogen (secondary N) is 1. The summed E-state index contributed by atoms with van der Waals surface area (Å²) in [5.74, 6) is -0.227. The third-order valence-electron chi connectivity index (χ3n) is 3.70. The lowest BCUT2D eigenvalue weighted by molar-refractivity contribution is 0.0952. The van der Waals surface area contributed by atoms with E-state index in [0.717, 1.165) is 32.1 Å². The third-order valence-corrected chi connectivity index (χ3v) is 5.55. The Bertz CT molecular complexity index is 600. The SMILES string of the molecule is CCCCCNC(=O)c1cccc(S(=O)(=O)N(C)CCCC)c1. The first kappa shape index (κ1) is 19.6. The molecule has 1 aromatic carbocycles. The van der Waals surface area contributed by atoms with Gasteiger partial charge in [0.25, 0.3) is 5.91 Å². The minimum absolute atomic E-state index is 0.164. The van der Waals surface area contributed by atoms with E-state index in [4.69, 9.17) is 0 Å². The second-order valence-electron chi connectivity index (χ2n) is 5.67. The molecule has 5 nitrogen and oxygen atoms in total. The van der Waals surface area contributed by atoms with Crippen LogP contribution in [0.25, 0.3) is 0 Å². The van der Waals surface area contributed by atoms with Crippen molar-refractivity contribution in [2.45, 2.75) is 50.8 Å². The second-order valence-corrected chi connectivity index (χ2v) is 7.72. The maximum absolute atomic E-state index is 12.5. The molecule has 1 N–H and O–H groups in total. The summed E-state index contributed by atoms with van der Waals surface area (Å²) in [5.41, 5.74) is 0.381. The summed E-state index contributed by atoms with van der Waals surface area (Å²) in [5, 5.41) is 2.83. The minimum atomic E-state index is -3.54. The number of carbonyl (C=O) groups is 1. The Morgan fingerprint density at radius 3 is 2.48 bits per heavy atom. The van der Waals surface area contributed by atoms with E-state index in [1.54, 1.807) is 19.2 Å². The van der Waals surface area contributed by atoms with Crippen LogP contribution in [0.3, 0.4) is 0 Å². The highest BCUT2D eigenvalue weighted by Crippen LogP contribution is 2.16. The molecular formula is C17H28N2O3S. The molecule has 1 amide bonds. The molecule has 23 heavy (non-hydrogen) atoms. The number of benzene rings is 1. The fourth-order valence-electron chi connectivity index (χ4n) is 2.16. The van der Waals surface area contributed by atoms with E-state index < -0.39 is 10.0 Å². The molecule has 130 valence electrons. The van der Waals surface area contributed by atoms with Gasteiger partial charge < -0.3 is 5.32 Å². The van der Waals surface area contributed by atoms with E-state index in [-0.39, 0.29) is 10.8 Å². The van der Waals surface area contributed by atoms with Crippen LogP contribution in [0, 0.1) is 0 Å². The molecule has 0 atom stereocenters. The highest BCUT2D eigenvalue weighted by atomic mass is 32.2. The minimum Gasteiger partial charge on any atom is -0.352 e. The van der Waals surface area contributed by atoms with Gasteiger partial charge in [0, 0.05) is 25.7 Å². The molecule has 1 aromatic rings. The van der Waals surface area contributed by atoms with Crippen molar-refractivity contribution in [3.8, 4) is 0 Å². The van der Waals surface area contributed by atoms with E-state index >= 15 is 0 Å². The summed E-state index contributed by atoms with van der Waals surface area (Å²) in [6.45, 7) is 5.21. The average Bonchev–Trinajstić information content (AvgIpc) is 2.56. The number of hydrogen-bond acceptors (Lipinski definition) is 3. The Morgan fingerprint density at radius 1 is 1.13 bits per heavy atom. The Balaban J connectivity index is 2.81. The van der Waals surface area contributed by atoms with Crippen molar-refractivity contribution in [3.05, 3.63) is 29.8 Å². The number of carbonyl (C=O) groups excluding carboxylic acids is 1. The third kappa shape index (κ3) is 5.95. The van der Waals surface area contributed by atoms with Crippen molar-refractivity contribution in [3.63, 3.8) is 0 Å². The number of amides is 1. The van der Waals surface area contributed by atoms with Crippen LogP contribution in [0.4, 0.5) is 0 Å². The Labute approximate surface area is 140 Å². The lowest BCUT2D eigenvalue weighted by Crippen LogP contribution is -2.29. The van der Waals surface area contributed by atoms with Gasteiger partial charge >= 0.3 is 0 Å². The first-order valence-electron chi connectivity index (χ1n) is 8.28. The average molecular weight is 340 g/mol. The molecule has 1 rings (SSSR count). The standard InChI is InChI=1S/C17H28N2O3S/c1-4-6-8-12-18-17(20)15-10-9-11-16(14-15)23(21,22)19(3)13-7-5-2/h9-11,14H,4-8,12-13H2,1-3H3,(H,18,20). The zero-order valence-corrected chi connectivity index (χ0v) is 15.2. The number of sulfonamides is 1. The van der Waals surface area contributed by atoms with E-state index in [0.29, 0.717) is 18.7 Å². The summed E-state index contributed by atoms with van der Waals surface area (Å²) in [7, 11) is -1.97. The lowest BCUT2D eigenvalue weighted by Gasteiger charge is -2.17. The van der Waals surface area contributed by atoms with Gasteiger partial charge in [0.05, 0.1) is 4.90 Å². The van der Waals surface area contributed by atoms with Gasteiger partial charge in [-0.05, 0) is 31.0 Å². The Morgan fingerprint density at radius 2 is 1.83 bits per heavy atom. The molecule has 0 aromatic heterocycles. The van der Waals surface area contributed by atoms with E-state index in [2.05, 4.69) is 12.2 Å². The molecule has 0 saturated carbocycles. The number of rotatable bonds is 10. The summed E-state index contributed by atoms with van der Waals surface area (Å²) in [6.07, 6.45) is 4.83. The summed E-state index contributed by atoms with van der Waals surface area (Å²) >= 11 is 0. The highest BCUT2D eigenvalue weighted by Gasteiger charge is 2.21. The molecule has 6 heteroatoms. The normalized spacial score (nSPS) is 11.7. The Hall–Kier alpha value is -1.40. The molecule has 0 fully saturated rings. The van der Waals surface area contributed by atoms with Gasteiger partial charge in [0.2, 0.25) is 10.0 Å². The monoisotopic (exact) mass is 340 g/mol. The van der Waals surface area contributed by atoms with Gasteiger partial charge in [-0.15, -0.1) is 0 Å². The summed E-state index contributed by atoms with van der Waals surface area (Å²) < 4.78 is 26.4. The molecule has 0 aliphatic heterocycles. The molecule has 0 unspecified atom stereocenters. The molecule has 0 aliphatic carbocycles. The van der Waals surface area contributed by atoms with Crippen molar-refractivity contribution in [1.82, 2.24) is 9.62 Å². The highest BCUT2D eigenvalue weighted by molar-refractivity contribution is 7.89. The van der Waals surface area contributed by atoms with Crippen molar-refractivity contribution in [2.75, 3.05) is 20.1 Å². The number of nitrogens with zero attached hydrogens (tertiary/aromatic N) is 1. The second kappa shape index (κ2) is 9.67. The maximum Gasteiger partial charge on any atom is 0.251 e. The van der Waals surface area contributed by atoms with Crippen molar-refractivity contribution in [2.24, 2.45) is 0 Å². The predicted molar refractivity (Wildman–Crippen MR) is 93.0 cm³/mol. The van der Waals surface area contributed by atoms with Gasteiger partial charge in [-0.3, -0.25) is 4.79 Å². The first-order chi connectivity index (χ1) is 10.9. The smallest absolute Gasteiger partial charge is 0.251 e. The summed E-state index contributed by atoms with van der Waals surface area (Å²) in [4.78, 5) is 12.3. The lowest BCUT2D eigenvalue weighted by atomic mass is 10.2. The molecule has 0 bridgehead atoms. The van der Waals surface area contributed by atoms with Crippen LogP contribution in [-0.4, -0.2) is 38.8 Å². The van der Waals surface area contributed by atoms with Crippen LogP contribution in [-0.2, 0) is 10.0 Å². The van der Waals surface area contributed by atoms with Crippen LogP contribution < -0.4 is 5.32 Å². The quantitative estimate of drug-likeness (QED) is 0.666. The molecule has 0 aliphatic rings. The number of unbranched alkanes of at least 4 members (excludes halogenated alkanes) is 3. The van der Waals surface area contributed by atoms with Crippen LogP contribution in [0.2, 0.25) is 0 Å². The largest absolute Gasteiger partial charge is 0.352 e. The van der Waals surface area contributed by atoms with Gasteiger partial charge in [0.1, 0.15) is 0 Å². The molecule has 0 spiro atoms. The van der Waals surface area contributed by atoms with Gasteiger partial charge in [-0.25, -0.2) is 12.7 Å². The topological polar surface area (TPSA) is 66.5 Å². The van der Waals surface area contributed by atoms with Crippen molar-refractivity contribution >= 4 is 15.9 Å².